The standard InChI is InChI=1S/C26H22F3N7O3S/c1-2-16-11-18-12-33-25(34-19-5-3-17(4-6-19)21-13-30-9-10-39-21)35-22(18)36(24(16)37)14-20-23(32-8-7-31-20)40(38)15-26(27,28)29/h1,3-8,11-12,21,30H,9-10,13-15H2,(H,33,34,35). The van der Waals surface area contributed by atoms with E-state index >= 15 is 0 Å². The van der Waals surface area contributed by atoms with Crippen molar-refractivity contribution in [3.8, 4) is 12.3 Å². The van der Waals surface area contributed by atoms with Crippen LogP contribution in [0.4, 0.5) is 24.8 Å². The fourth-order valence-electron chi connectivity index (χ4n) is 4.18. The fraction of sp³-hybridized carbons (Fsp3) is 0.269. The van der Waals surface area contributed by atoms with Crippen molar-refractivity contribution in [3.05, 3.63) is 76.1 Å². The monoisotopic (exact) mass is 569 g/mol. The van der Waals surface area contributed by atoms with Crippen molar-refractivity contribution in [2.24, 2.45) is 0 Å². The topological polar surface area (TPSA) is 130 Å². The van der Waals surface area contributed by atoms with Gasteiger partial charge in [0.1, 0.15) is 11.3 Å². The van der Waals surface area contributed by atoms with Crippen molar-refractivity contribution >= 4 is 33.8 Å². The lowest BCUT2D eigenvalue weighted by Crippen LogP contribution is -2.33. The van der Waals surface area contributed by atoms with Crippen molar-refractivity contribution in [2.75, 3.05) is 30.8 Å². The average Bonchev–Trinajstić information content (AvgIpc) is 2.95. The largest absolute Gasteiger partial charge is 0.610 e. The number of ether oxygens (including phenoxy) is 1. The Bertz CT molecular complexity index is 1620. The van der Waals surface area contributed by atoms with E-state index in [4.69, 9.17) is 11.2 Å². The van der Waals surface area contributed by atoms with Gasteiger partial charge in [0.15, 0.2) is 0 Å². The summed E-state index contributed by atoms with van der Waals surface area (Å²) in [7, 11) is 0. The molecule has 0 bridgehead atoms. The minimum absolute atomic E-state index is 0.00586. The van der Waals surface area contributed by atoms with Gasteiger partial charge >= 0.3 is 6.18 Å². The normalized spacial score (nSPS) is 16.4. The number of morpholine rings is 1. The number of aromatic nitrogens is 5. The molecule has 2 N–H and O–H groups in total. The summed E-state index contributed by atoms with van der Waals surface area (Å²) in [5, 5.41) is 6.40. The van der Waals surface area contributed by atoms with Crippen LogP contribution in [0.1, 0.15) is 22.9 Å². The van der Waals surface area contributed by atoms with Gasteiger partial charge in [-0.25, -0.2) is 9.97 Å². The van der Waals surface area contributed by atoms with Gasteiger partial charge in [0.05, 0.1) is 31.0 Å². The summed E-state index contributed by atoms with van der Waals surface area (Å²) < 4.78 is 58.1. The third-order valence-electron chi connectivity index (χ3n) is 6.00. The predicted octanol–water partition coefficient (Wildman–Crippen LogP) is 2.69. The molecule has 2 unspecified atom stereocenters. The van der Waals surface area contributed by atoms with Crippen LogP contribution < -0.4 is 16.2 Å². The van der Waals surface area contributed by atoms with Crippen LogP contribution in [0, 0.1) is 12.3 Å². The molecular weight excluding hydrogens is 547 g/mol. The van der Waals surface area contributed by atoms with Crippen LogP contribution in [0.5, 0.6) is 0 Å². The maximum absolute atomic E-state index is 13.2. The number of nitrogens with zero attached hydrogens (tertiary/aromatic N) is 5. The summed E-state index contributed by atoms with van der Waals surface area (Å²) in [6.07, 6.45) is 4.64. The van der Waals surface area contributed by atoms with E-state index in [1.165, 1.54) is 18.5 Å². The van der Waals surface area contributed by atoms with Gasteiger partial charge in [-0.15, -0.1) is 6.42 Å². The average molecular weight is 570 g/mol. The van der Waals surface area contributed by atoms with E-state index in [0.29, 0.717) is 17.7 Å². The Kier molecular flexibility index (Phi) is 7.99. The van der Waals surface area contributed by atoms with Crippen molar-refractivity contribution in [3.63, 3.8) is 0 Å². The molecule has 1 saturated heterocycles. The molecule has 4 aromatic rings. The van der Waals surface area contributed by atoms with Crippen molar-refractivity contribution < 1.29 is 22.5 Å². The molecule has 40 heavy (non-hydrogen) atoms. The number of fused-ring (bicyclic) bond motifs is 1. The Labute approximate surface area is 229 Å². The lowest BCUT2D eigenvalue weighted by molar-refractivity contribution is -0.106. The van der Waals surface area contributed by atoms with Crippen LogP contribution in [0.15, 0.2) is 58.7 Å². The Balaban J connectivity index is 1.48. The van der Waals surface area contributed by atoms with Gasteiger partial charge < -0.3 is 19.9 Å². The zero-order valence-electron chi connectivity index (χ0n) is 20.8. The van der Waals surface area contributed by atoms with Crippen molar-refractivity contribution in [1.29, 1.82) is 0 Å². The molecule has 0 spiro atoms. The van der Waals surface area contributed by atoms with Crippen molar-refractivity contribution in [2.45, 2.75) is 23.9 Å². The first-order valence-electron chi connectivity index (χ1n) is 12.0. The van der Waals surface area contributed by atoms with Gasteiger partial charge in [-0.05, 0) is 23.8 Å². The van der Waals surface area contributed by atoms with E-state index in [1.807, 2.05) is 24.3 Å². The Morgan fingerprint density at radius 1 is 1.23 bits per heavy atom. The summed E-state index contributed by atoms with van der Waals surface area (Å²) in [4.78, 5) is 29.9. The summed E-state index contributed by atoms with van der Waals surface area (Å²) in [5.74, 6) is 0.869. The highest BCUT2D eigenvalue weighted by molar-refractivity contribution is 7.91. The molecule has 1 aliphatic heterocycles. The number of nitrogens with one attached hydrogen (secondary N) is 2. The van der Waals surface area contributed by atoms with E-state index < -0.39 is 28.7 Å². The highest BCUT2D eigenvalue weighted by atomic mass is 32.2. The minimum atomic E-state index is -4.68. The Hall–Kier alpha value is -4.03. The van der Waals surface area contributed by atoms with Gasteiger partial charge in [0.25, 0.3) is 10.6 Å². The quantitative estimate of drug-likeness (QED) is 0.255. The third kappa shape index (κ3) is 6.23. The van der Waals surface area contributed by atoms with Crippen LogP contribution in [-0.4, -0.2) is 60.7 Å². The van der Waals surface area contributed by atoms with Crippen LogP contribution in [0.3, 0.4) is 0 Å². The number of halogens is 3. The molecule has 0 radical (unpaired) electrons. The Morgan fingerprint density at radius 3 is 2.70 bits per heavy atom. The van der Waals surface area contributed by atoms with E-state index in [1.54, 1.807) is 0 Å². The second-order valence-corrected chi connectivity index (χ2v) is 10.2. The number of anilines is 2. The molecule has 4 heterocycles. The molecule has 206 valence electrons. The van der Waals surface area contributed by atoms with E-state index in [0.717, 1.165) is 29.4 Å². The maximum atomic E-state index is 13.2. The molecule has 14 heteroatoms. The van der Waals surface area contributed by atoms with Crippen molar-refractivity contribution in [1.82, 2.24) is 29.8 Å². The molecule has 2 atom stereocenters. The predicted molar refractivity (Wildman–Crippen MR) is 141 cm³/mol. The molecule has 10 nitrogen and oxygen atoms in total. The number of hydrogen-bond donors (Lipinski definition) is 2. The van der Waals surface area contributed by atoms with E-state index in [9.17, 15) is 22.5 Å². The molecule has 0 amide bonds. The number of terminal acetylenes is 1. The lowest BCUT2D eigenvalue weighted by Gasteiger charge is -2.24. The summed E-state index contributed by atoms with van der Waals surface area (Å²) in [5.41, 5.74) is 1.14. The van der Waals surface area contributed by atoms with Gasteiger partial charge in [-0.1, -0.05) is 18.1 Å². The first kappa shape index (κ1) is 27.5. The van der Waals surface area contributed by atoms with Crippen LogP contribution in [-0.2, 0) is 22.5 Å². The number of pyridine rings is 1. The molecule has 1 fully saturated rings. The van der Waals surface area contributed by atoms with Crippen LogP contribution in [0.25, 0.3) is 11.0 Å². The van der Waals surface area contributed by atoms with Gasteiger partial charge in [-0.3, -0.25) is 14.3 Å². The molecule has 5 rings (SSSR count). The zero-order valence-corrected chi connectivity index (χ0v) is 21.6. The molecule has 0 aliphatic carbocycles. The minimum Gasteiger partial charge on any atom is -0.610 e. The van der Waals surface area contributed by atoms with Gasteiger partial charge in [0.2, 0.25) is 11.7 Å². The highest BCUT2D eigenvalue weighted by Gasteiger charge is 2.37. The van der Waals surface area contributed by atoms with E-state index in [-0.39, 0.29) is 40.5 Å². The molecule has 3 aromatic heterocycles. The molecular formula is C26H22F3N7O3S. The first-order valence-corrected chi connectivity index (χ1v) is 13.4. The van der Waals surface area contributed by atoms with Gasteiger partial charge in [0, 0.05) is 47.7 Å². The highest BCUT2D eigenvalue weighted by Crippen LogP contribution is 2.25. The van der Waals surface area contributed by atoms with Crippen LogP contribution in [0.2, 0.25) is 0 Å². The van der Waals surface area contributed by atoms with Crippen LogP contribution >= 0.6 is 0 Å². The Morgan fingerprint density at radius 2 is 2.00 bits per heavy atom. The maximum Gasteiger partial charge on any atom is 0.433 e. The number of hydrogen-bond acceptors (Lipinski definition) is 9. The number of benzene rings is 1. The first-order chi connectivity index (χ1) is 19.2. The smallest absolute Gasteiger partial charge is 0.433 e. The number of rotatable bonds is 7. The fourth-order valence-corrected chi connectivity index (χ4v) is 5.17. The number of alkyl halides is 3. The van der Waals surface area contributed by atoms with Gasteiger partial charge in [-0.2, -0.15) is 18.2 Å². The molecule has 0 saturated carbocycles. The third-order valence-corrected chi connectivity index (χ3v) is 7.36. The summed E-state index contributed by atoms with van der Waals surface area (Å²) in [6.45, 7) is 1.80. The lowest BCUT2D eigenvalue weighted by atomic mass is 10.1. The second-order valence-electron chi connectivity index (χ2n) is 8.79. The summed E-state index contributed by atoms with van der Waals surface area (Å²) in [6, 6.07) is 8.98. The summed E-state index contributed by atoms with van der Waals surface area (Å²) >= 11 is -2.53. The zero-order chi connectivity index (χ0) is 28.3. The SMILES string of the molecule is C#Cc1cc2cnc(Nc3ccc(C4CNCCO4)cc3)nc2n(Cc2nccnc2[S+]([O-])CC(F)(F)F)c1=O. The second kappa shape index (κ2) is 11.6. The molecule has 1 aromatic carbocycles. The van der Waals surface area contributed by atoms with E-state index in [2.05, 4.69) is 36.5 Å². The molecule has 1 aliphatic rings.